The van der Waals surface area contributed by atoms with Gasteiger partial charge in [-0.3, -0.25) is 14.3 Å². The lowest BCUT2D eigenvalue weighted by atomic mass is 10.3. The molecule has 1 atom stereocenters. The van der Waals surface area contributed by atoms with Crippen LogP contribution in [0.4, 0.5) is 11.4 Å². The van der Waals surface area contributed by atoms with Gasteiger partial charge in [-0.1, -0.05) is 0 Å². The van der Waals surface area contributed by atoms with Crippen LogP contribution in [-0.2, 0) is 20.8 Å². The van der Waals surface area contributed by atoms with Crippen molar-refractivity contribution in [1.82, 2.24) is 4.72 Å². The topological polar surface area (TPSA) is 132 Å². The van der Waals surface area contributed by atoms with Crippen molar-refractivity contribution < 1.29 is 17.6 Å². The zero-order valence-electron chi connectivity index (χ0n) is 10.0. The van der Waals surface area contributed by atoms with E-state index in [-0.39, 0.29) is 28.6 Å². The number of nitrogens with one attached hydrogen (secondary N) is 1. The number of hydrogen-bond acceptors (Lipinski definition) is 6. The van der Waals surface area contributed by atoms with Crippen molar-refractivity contribution in [2.45, 2.75) is 4.90 Å². The first-order valence-electron chi connectivity index (χ1n) is 5.07. The summed E-state index contributed by atoms with van der Waals surface area (Å²) >= 11 is 0. The number of nitrogens with two attached hydrogens (primary N) is 1. The van der Waals surface area contributed by atoms with Gasteiger partial charge in [0.2, 0.25) is 10.0 Å². The van der Waals surface area contributed by atoms with Crippen LogP contribution in [0, 0.1) is 10.1 Å². The summed E-state index contributed by atoms with van der Waals surface area (Å²) in [6.45, 7) is 0.00186. The van der Waals surface area contributed by atoms with Crippen LogP contribution in [0.25, 0.3) is 0 Å². The Balaban J connectivity index is 2.96. The van der Waals surface area contributed by atoms with Gasteiger partial charge in [0.15, 0.2) is 0 Å². The molecule has 3 N–H and O–H groups in total. The van der Waals surface area contributed by atoms with Crippen molar-refractivity contribution in [3.63, 3.8) is 0 Å². The molecule has 0 aliphatic rings. The Morgan fingerprint density at radius 1 is 1.47 bits per heavy atom. The molecule has 0 aliphatic heterocycles. The minimum absolute atomic E-state index is 0.00186. The lowest BCUT2D eigenvalue weighted by molar-refractivity contribution is -0.384. The molecule has 0 radical (unpaired) electrons. The van der Waals surface area contributed by atoms with Crippen molar-refractivity contribution >= 4 is 32.2 Å². The van der Waals surface area contributed by atoms with Gasteiger partial charge in [0, 0.05) is 41.5 Å². The second-order valence-electron chi connectivity index (χ2n) is 3.65. The summed E-state index contributed by atoms with van der Waals surface area (Å²) in [4.78, 5) is 9.61. The lowest BCUT2D eigenvalue weighted by Gasteiger charge is -2.08. The molecule has 0 bridgehead atoms. The summed E-state index contributed by atoms with van der Waals surface area (Å²) in [7, 11) is -4.98. The number of benzene rings is 1. The Morgan fingerprint density at radius 2 is 2.11 bits per heavy atom. The van der Waals surface area contributed by atoms with Crippen LogP contribution in [0.5, 0.6) is 0 Å². The number of non-ortho nitro benzene ring substituents is 1. The van der Waals surface area contributed by atoms with Crippen LogP contribution in [-0.4, -0.2) is 36.1 Å². The average Bonchev–Trinajstić information content (AvgIpc) is 2.27. The number of sulfonamides is 1. The molecular formula is C9H13N3O5S2. The van der Waals surface area contributed by atoms with Crippen molar-refractivity contribution in [2.75, 3.05) is 24.3 Å². The highest BCUT2D eigenvalue weighted by molar-refractivity contribution is 7.89. The van der Waals surface area contributed by atoms with Gasteiger partial charge in [0.05, 0.1) is 10.6 Å². The number of nitro groups is 1. The monoisotopic (exact) mass is 307 g/mol. The third kappa shape index (κ3) is 4.26. The molecule has 0 fully saturated rings. The molecule has 10 heteroatoms. The molecule has 0 amide bonds. The van der Waals surface area contributed by atoms with Crippen LogP contribution in [0.1, 0.15) is 0 Å². The quantitative estimate of drug-likeness (QED) is 0.426. The molecule has 0 aromatic heterocycles. The molecule has 0 spiro atoms. The number of nitrogens with zero attached hydrogens (tertiary/aromatic N) is 1. The van der Waals surface area contributed by atoms with Gasteiger partial charge in [0.25, 0.3) is 5.69 Å². The number of nitrogen functional groups attached to an aromatic ring is 1. The Morgan fingerprint density at radius 3 is 2.58 bits per heavy atom. The van der Waals surface area contributed by atoms with Gasteiger partial charge in [-0.25, -0.2) is 13.1 Å². The molecule has 0 saturated carbocycles. The van der Waals surface area contributed by atoms with Crippen molar-refractivity contribution in [1.29, 1.82) is 0 Å². The molecule has 0 saturated heterocycles. The first-order chi connectivity index (χ1) is 8.74. The van der Waals surface area contributed by atoms with Crippen LogP contribution >= 0.6 is 0 Å². The summed E-state index contributed by atoms with van der Waals surface area (Å²) < 4.78 is 36.8. The zero-order valence-corrected chi connectivity index (χ0v) is 11.7. The third-order valence-corrected chi connectivity index (χ3v) is 4.49. The van der Waals surface area contributed by atoms with Crippen LogP contribution in [0.3, 0.4) is 0 Å². The van der Waals surface area contributed by atoms with Crippen molar-refractivity contribution in [2.24, 2.45) is 0 Å². The number of rotatable bonds is 6. The Labute approximate surface area is 112 Å². The van der Waals surface area contributed by atoms with E-state index in [1.807, 2.05) is 0 Å². The summed E-state index contributed by atoms with van der Waals surface area (Å²) in [6.07, 6.45) is 1.45. The highest BCUT2D eigenvalue weighted by Crippen LogP contribution is 2.23. The molecule has 106 valence electrons. The molecule has 0 aliphatic carbocycles. The van der Waals surface area contributed by atoms with E-state index in [2.05, 4.69) is 4.72 Å². The van der Waals surface area contributed by atoms with E-state index >= 15 is 0 Å². The molecule has 1 unspecified atom stereocenters. The molecule has 19 heavy (non-hydrogen) atoms. The molecule has 1 aromatic rings. The van der Waals surface area contributed by atoms with Gasteiger partial charge in [-0.05, 0) is 6.07 Å². The minimum atomic E-state index is -3.86. The molecule has 8 nitrogen and oxygen atoms in total. The van der Waals surface area contributed by atoms with E-state index in [9.17, 15) is 22.7 Å². The van der Waals surface area contributed by atoms with Crippen LogP contribution < -0.4 is 10.5 Å². The van der Waals surface area contributed by atoms with Gasteiger partial charge in [0.1, 0.15) is 4.90 Å². The Hall–Kier alpha value is -1.52. The second kappa shape index (κ2) is 6.08. The van der Waals surface area contributed by atoms with E-state index in [4.69, 9.17) is 5.73 Å². The predicted octanol–water partition coefficient (Wildman–Crippen LogP) is -0.166. The largest absolute Gasteiger partial charge is 0.397 e. The fraction of sp³-hybridized carbons (Fsp3) is 0.333. The maximum Gasteiger partial charge on any atom is 0.271 e. The second-order valence-corrected chi connectivity index (χ2v) is 6.94. The van der Waals surface area contributed by atoms with E-state index in [0.717, 1.165) is 18.2 Å². The van der Waals surface area contributed by atoms with Gasteiger partial charge in [-0.2, -0.15) is 0 Å². The van der Waals surface area contributed by atoms with Crippen LogP contribution in [0.2, 0.25) is 0 Å². The molecular weight excluding hydrogens is 294 g/mol. The molecule has 0 heterocycles. The third-order valence-electron chi connectivity index (χ3n) is 2.18. The van der Waals surface area contributed by atoms with Crippen molar-refractivity contribution in [3.8, 4) is 0 Å². The van der Waals surface area contributed by atoms with E-state index in [0.29, 0.717) is 0 Å². The minimum Gasteiger partial charge on any atom is -0.397 e. The standard InChI is InChI=1S/C9H13N3O5S2/c1-18(15)5-4-11-19(16,17)9-3-2-7(12(13)14)6-8(9)10/h2-3,6,11H,4-5,10H2,1H3. The van der Waals surface area contributed by atoms with E-state index in [1.165, 1.54) is 6.26 Å². The van der Waals surface area contributed by atoms with Gasteiger partial charge < -0.3 is 5.73 Å². The smallest absolute Gasteiger partial charge is 0.271 e. The average molecular weight is 307 g/mol. The lowest BCUT2D eigenvalue weighted by Crippen LogP contribution is -2.28. The van der Waals surface area contributed by atoms with Gasteiger partial charge in [-0.15, -0.1) is 0 Å². The maximum absolute atomic E-state index is 11.9. The summed E-state index contributed by atoms with van der Waals surface area (Å²) in [5.41, 5.74) is 5.00. The number of anilines is 1. The highest BCUT2D eigenvalue weighted by atomic mass is 32.2. The Bertz CT molecular complexity index is 614. The summed E-state index contributed by atoms with van der Waals surface area (Å²) in [5, 5.41) is 10.5. The van der Waals surface area contributed by atoms with E-state index < -0.39 is 25.7 Å². The van der Waals surface area contributed by atoms with E-state index in [1.54, 1.807) is 0 Å². The maximum atomic E-state index is 11.9. The SMILES string of the molecule is CS(=O)CCNS(=O)(=O)c1ccc([N+](=O)[O-])cc1N. The predicted molar refractivity (Wildman–Crippen MR) is 71.6 cm³/mol. The van der Waals surface area contributed by atoms with Crippen molar-refractivity contribution in [3.05, 3.63) is 28.3 Å². The molecule has 1 rings (SSSR count). The summed E-state index contributed by atoms with van der Waals surface area (Å²) in [5.74, 6) is 0.173. The fourth-order valence-electron chi connectivity index (χ4n) is 1.29. The first kappa shape index (κ1) is 15.5. The summed E-state index contributed by atoms with van der Waals surface area (Å²) in [6, 6.07) is 3.11. The zero-order chi connectivity index (χ0) is 14.6. The molecule has 1 aromatic carbocycles. The van der Waals surface area contributed by atoms with Gasteiger partial charge >= 0.3 is 0 Å². The normalized spacial score (nSPS) is 13.1. The first-order valence-corrected chi connectivity index (χ1v) is 8.28. The number of nitro benzene ring substituents is 1. The highest BCUT2D eigenvalue weighted by Gasteiger charge is 2.19. The Kier molecular flexibility index (Phi) is 4.97. The fourth-order valence-corrected chi connectivity index (χ4v) is 2.95. The number of hydrogen-bond donors (Lipinski definition) is 2. The van der Waals surface area contributed by atoms with Crippen LogP contribution in [0.15, 0.2) is 23.1 Å².